The van der Waals surface area contributed by atoms with Crippen LogP contribution < -0.4 is 0 Å². The Morgan fingerprint density at radius 1 is 1.20 bits per heavy atom. The van der Waals surface area contributed by atoms with Gasteiger partial charge in [0.15, 0.2) is 5.69 Å². The van der Waals surface area contributed by atoms with Crippen molar-refractivity contribution in [3.63, 3.8) is 0 Å². The second-order valence-corrected chi connectivity index (χ2v) is 7.21. The second-order valence-electron chi connectivity index (χ2n) is 5.57. The molecule has 0 amide bonds. The van der Waals surface area contributed by atoms with Gasteiger partial charge in [0.25, 0.3) is 10.1 Å². The lowest BCUT2D eigenvalue weighted by Gasteiger charge is -2.13. The van der Waals surface area contributed by atoms with Crippen molar-refractivity contribution >= 4 is 10.1 Å². The molecule has 25 heavy (non-hydrogen) atoms. The Balaban J connectivity index is 2.61. The number of imidazole rings is 1. The minimum Gasteiger partial charge on any atom is -0.325 e. The van der Waals surface area contributed by atoms with Crippen molar-refractivity contribution in [2.75, 3.05) is 6.26 Å². The lowest BCUT2D eigenvalue weighted by atomic mass is 10.2. The molecule has 0 aliphatic rings. The molecule has 0 fully saturated rings. The van der Waals surface area contributed by atoms with Gasteiger partial charge < -0.3 is 4.57 Å². The summed E-state index contributed by atoms with van der Waals surface area (Å²) in [6.45, 7) is 1.49. The number of hydrogen-bond donors (Lipinski definition) is 0. The van der Waals surface area contributed by atoms with Gasteiger partial charge in [0, 0.05) is 12.1 Å². The van der Waals surface area contributed by atoms with E-state index in [9.17, 15) is 21.6 Å². The monoisotopic (exact) mass is 376 g/mol. The average molecular weight is 376 g/mol. The van der Waals surface area contributed by atoms with Crippen LogP contribution in [0.25, 0.3) is 11.4 Å². The van der Waals surface area contributed by atoms with Crippen LogP contribution in [0.1, 0.15) is 31.2 Å². The van der Waals surface area contributed by atoms with Crippen molar-refractivity contribution < 1.29 is 25.8 Å². The first-order chi connectivity index (χ1) is 11.6. The molecule has 0 atom stereocenters. The predicted octanol–water partition coefficient (Wildman–Crippen LogP) is 3.85. The first kappa shape index (κ1) is 19.5. The van der Waals surface area contributed by atoms with Crippen LogP contribution in [0.3, 0.4) is 0 Å². The van der Waals surface area contributed by atoms with Gasteiger partial charge in [-0.25, -0.2) is 4.98 Å². The number of hydrogen-bond acceptors (Lipinski definition) is 4. The summed E-state index contributed by atoms with van der Waals surface area (Å²) < 4.78 is 68.8. The molecule has 0 aliphatic heterocycles. The lowest BCUT2D eigenvalue weighted by Crippen LogP contribution is -2.15. The summed E-state index contributed by atoms with van der Waals surface area (Å²) in [4.78, 5) is 3.77. The number of alkyl halides is 3. The van der Waals surface area contributed by atoms with E-state index in [1.165, 1.54) is 4.57 Å². The minimum absolute atomic E-state index is 0.147. The van der Waals surface area contributed by atoms with Gasteiger partial charge in [-0.05, 0) is 6.42 Å². The zero-order valence-electron chi connectivity index (χ0n) is 13.9. The number of rotatable bonds is 7. The van der Waals surface area contributed by atoms with Crippen molar-refractivity contribution in [1.29, 1.82) is 0 Å². The molecule has 0 saturated carbocycles. The highest BCUT2D eigenvalue weighted by atomic mass is 32.2. The number of nitrogens with zero attached hydrogens (tertiary/aromatic N) is 2. The lowest BCUT2D eigenvalue weighted by molar-refractivity contribution is -0.142. The van der Waals surface area contributed by atoms with Gasteiger partial charge in [0.2, 0.25) is 0 Å². The van der Waals surface area contributed by atoms with Crippen LogP contribution in [-0.2, 0) is 33.6 Å². The summed E-state index contributed by atoms with van der Waals surface area (Å²) >= 11 is 0. The van der Waals surface area contributed by atoms with E-state index in [-0.39, 0.29) is 18.1 Å². The molecule has 138 valence electrons. The Kier molecular flexibility index (Phi) is 5.89. The molecule has 1 aromatic carbocycles. The van der Waals surface area contributed by atoms with E-state index in [0.717, 1.165) is 12.7 Å². The molecule has 0 aliphatic carbocycles. The average Bonchev–Trinajstić information content (AvgIpc) is 2.89. The quantitative estimate of drug-likeness (QED) is 0.689. The first-order valence-electron chi connectivity index (χ1n) is 7.70. The van der Waals surface area contributed by atoms with Crippen LogP contribution in [0, 0.1) is 0 Å². The molecule has 9 heteroatoms. The van der Waals surface area contributed by atoms with Crippen LogP contribution in [-0.4, -0.2) is 24.2 Å². The number of unbranched alkanes of at least 4 members (excludes halogenated alkanes) is 1. The molecule has 5 nitrogen and oxygen atoms in total. The SMILES string of the molecule is CCCCn1c(-c2ccccc2)nc(C(F)(F)F)c1COS(C)(=O)=O. The topological polar surface area (TPSA) is 61.2 Å². The summed E-state index contributed by atoms with van der Waals surface area (Å²) in [6, 6.07) is 8.47. The summed E-state index contributed by atoms with van der Waals surface area (Å²) in [6.07, 6.45) is -2.53. The van der Waals surface area contributed by atoms with Gasteiger partial charge in [-0.2, -0.15) is 21.6 Å². The highest BCUT2D eigenvalue weighted by Crippen LogP contribution is 2.35. The summed E-state index contributed by atoms with van der Waals surface area (Å²) in [7, 11) is -3.89. The Bertz CT molecular complexity index is 815. The molecule has 0 spiro atoms. The number of benzene rings is 1. The Morgan fingerprint density at radius 2 is 1.84 bits per heavy atom. The maximum absolute atomic E-state index is 13.4. The van der Waals surface area contributed by atoms with Crippen LogP contribution >= 0.6 is 0 Å². The molecular formula is C16H19F3N2O3S. The third kappa shape index (κ3) is 5.05. The first-order valence-corrected chi connectivity index (χ1v) is 9.51. The molecule has 0 unspecified atom stereocenters. The highest BCUT2D eigenvalue weighted by molar-refractivity contribution is 7.85. The predicted molar refractivity (Wildman–Crippen MR) is 87.2 cm³/mol. The van der Waals surface area contributed by atoms with E-state index in [0.29, 0.717) is 12.0 Å². The van der Waals surface area contributed by atoms with Crippen molar-refractivity contribution in [3.05, 3.63) is 41.7 Å². The Morgan fingerprint density at radius 3 is 2.36 bits per heavy atom. The van der Waals surface area contributed by atoms with Crippen LogP contribution in [0.2, 0.25) is 0 Å². The fourth-order valence-corrected chi connectivity index (χ4v) is 2.71. The van der Waals surface area contributed by atoms with E-state index in [1.54, 1.807) is 30.3 Å². The van der Waals surface area contributed by atoms with Crippen LogP contribution in [0.5, 0.6) is 0 Å². The van der Waals surface area contributed by atoms with E-state index in [1.807, 2.05) is 6.92 Å². The van der Waals surface area contributed by atoms with Crippen LogP contribution in [0.4, 0.5) is 13.2 Å². The fraction of sp³-hybridized carbons (Fsp3) is 0.438. The zero-order valence-corrected chi connectivity index (χ0v) is 14.7. The molecule has 2 aromatic rings. The third-order valence-electron chi connectivity index (χ3n) is 3.52. The van der Waals surface area contributed by atoms with E-state index in [2.05, 4.69) is 9.17 Å². The summed E-state index contributed by atoms with van der Waals surface area (Å²) in [5, 5.41) is 0. The minimum atomic E-state index is -4.71. The molecule has 0 saturated heterocycles. The molecule has 0 bridgehead atoms. The maximum Gasteiger partial charge on any atom is 0.435 e. The number of halogens is 3. The maximum atomic E-state index is 13.4. The Hall–Kier alpha value is -1.87. The normalized spacial score (nSPS) is 12.5. The molecule has 2 rings (SSSR count). The molecule has 0 N–H and O–H groups in total. The number of aromatic nitrogens is 2. The standard InChI is InChI=1S/C16H19F3N2O3S/c1-3-4-10-21-13(11-24-25(2,22)23)14(16(17,18)19)20-15(21)12-8-6-5-7-9-12/h5-9H,3-4,10-11H2,1-2H3. The van der Waals surface area contributed by atoms with Crippen molar-refractivity contribution in [2.45, 2.75) is 39.1 Å². The fourth-order valence-electron chi connectivity index (χ4n) is 2.39. The van der Waals surface area contributed by atoms with Gasteiger partial charge in [-0.1, -0.05) is 43.7 Å². The Labute approximate surface area is 144 Å². The zero-order chi connectivity index (χ0) is 18.7. The van der Waals surface area contributed by atoms with Crippen molar-refractivity contribution in [2.24, 2.45) is 0 Å². The van der Waals surface area contributed by atoms with Crippen molar-refractivity contribution in [1.82, 2.24) is 9.55 Å². The van der Waals surface area contributed by atoms with Gasteiger partial charge in [0.05, 0.1) is 11.9 Å². The molecular weight excluding hydrogens is 357 g/mol. The summed E-state index contributed by atoms with van der Waals surface area (Å²) in [5.74, 6) is 0.147. The largest absolute Gasteiger partial charge is 0.435 e. The van der Waals surface area contributed by atoms with Gasteiger partial charge in [-0.3, -0.25) is 4.18 Å². The van der Waals surface area contributed by atoms with E-state index in [4.69, 9.17) is 0 Å². The van der Waals surface area contributed by atoms with Gasteiger partial charge >= 0.3 is 6.18 Å². The smallest absolute Gasteiger partial charge is 0.325 e. The second kappa shape index (κ2) is 7.57. The third-order valence-corrected chi connectivity index (χ3v) is 4.06. The van der Waals surface area contributed by atoms with E-state index >= 15 is 0 Å². The van der Waals surface area contributed by atoms with Gasteiger partial charge in [-0.15, -0.1) is 0 Å². The van der Waals surface area contributed by atoms with Crippen LogP contribution in [0.15, 0.2) is 30.3 Å². The highest BCUT2D eigenvalue weighted by Gasteiger charge is 2.39. The molecule has 1 aromatic heterocycles. The van der Waals surface area contributed by atoms with E-state index < -0.39 is 28.6 Å². The molecule has 1 heterocycles. The molecule has 0 radical (unpaired) electrons. The van der Waals surface area contributed by atoms with Crippen molar-refractivity contribution in [3.8, 4) is 11.4 Å². The summed E-state index contributed by atoms with van der Waals surface area (Å²) in [5.41, 5.74) is -0.883. The van der Waals surface area contributed by atoms with Gasteiger partial charge in [0.1, 0.15) is 12.4 Å².